The van der Waals surface area contributed by atoms with Crippen LogP contribution in [0.3, 0.4) is 0 Å². The third kappa shape index (κ3) is 2.89. The molecule has 0 N–H and O–H groups in total. The Bertz CT molecular complexity index is 868. The van der Waals surface area contributed by atoms with Crippen LogP contribution in [0.15, 0.2) is 21.7 Å². The maximum atomic E-state index is 12.5. The van der Waals surface area contributed by atoms with E-state index in [0.29, 0.717) is 12.0 Å². The molecule has 0 spiro atoms. The van der Waals surface area contributed by atoms with Crippen LogP contribution in [0.5, 0.6) is 0 Å². The lowest BCUT2D eigenvalue weighted by Crippen LogP contribution is -2.39. The van der Waals surface area contributed by atoms with Gasteiger partial charge in [0.05, 0.1) is 18.0 Å². The second-order valence-corrected chi connectivity index (χ2v) is 5.49. The zero-order chi connectivity index (χ0) is 17.3. The van der Waals surface area contributed by atoms with Crippen molar-refractivity contribution in [2.75, 3.05) is 20.8 Å². The van der Waals surface area contributed by atoms with Crippen LogP contribution in [0.25, 0.3) is 11.0 Å². The van der Waals surface area contributed by atoms with E-state index in [1.54, 1.807) is 14.2 Å². The lowest BCUT2D eigenvalue weighted by molar-refractivity contribution is 0.0628. The van der Waals surface area contributed by atoms with Gasteiger partial charge in [0, 0.05) is 28.3 Å². The molecule has 0 aliphatic carbocycles. The normalized spacial score (nSPS) is 12.4. The third-order valence-electron chi connectivity index (χ3n) is 3.91. The summed E-state index contributed by atoms with van der Waals surface area (Å²) in [4.78, 5) is 42.3. The summed E-state index contributed by atoms with van der Waals surface area (Å²) < 4.78 is 7.31. The molecule has 8 nitrogen and oxygen atoms in total. The molecule has 2 rings (SSSR count). The Labute approximate surface area is 132 Å². The van der Waals surface area contributed by atoms with Gasteiger partial charge in [0.25, 0.3) is 11.5 Å². The molecule has 23 heavy (non-hydrogen) atoms. The van der Waals surface area contributed by atoms with Crippen molar-refractivity contribution in [3.05, 3.63) is 38.7 Å². The summed E-state index contributed by atoms with van der Waals surface area (Å²) in [5.74, 6) is -0.301. The first-order valence-corrected chi connectivity index (χ1v) is 7.12. The molecule has 0 aromatic carbocycles. The zero-order valence-electron chi connectivity index (χ0n) is 13.9. The van der Waals surface area contributed by atoms with Crippen LogP contribution in [0.1, 0.15) is 17.4 Å². The first-order chi connectivity index (χ1) is 10.8. The van der Waals surface area contributed by atoms with Crippen molar-refractivity contribution in [2.24, 2.45) is 14.1 Å². The number of aromatic nitrogens is 3. The maximum absolute atomic E-state index is 12.5. The number of hydrogen-bond donors (Lipinski definition) is 0. The van der Waals surface area contributed by atoms with E-state index < -0.39 is 11.2 Å². The fourth-order valence-electron chi connectivity index (χ4n) is 2.31. The number of ether oxygens (including phenoxy) is 1. The van der Waals surface area contributed by atoms with Crippen molar-refractivity contribution in [1.82, 2.24) is 19.0 Å². The SMILES string of the molecule is COC[C@H](C)N(C)C(=O)c1ccc2c(=O)n(C)c(=O)n(C)c2n1. The van der Waals surface area contributed by atoms with Gasteiger partial charge in [0.2, 0.25) is 0 Å². The molecule has 2 aromatic heterocycles. The fraction of sp³-hybridized carbons (Fsp3) is 0.467. The lowest BCUT2D eigenvalue weighted by atomic mass is 10.2. The number of pyridine rings is 1. The topological polar surface area (TPSA) is 86.4 Å². The Morgan fingerprint density at radius 3 is 2.57 bits per heavy atom. The Balaban J connectivity index is 2.55. The van der Waals surface area contributed by atoms with Crippen LogP contribution >= 0.6 is 0 Å². The third-order valence-corrected chi connectivity index (χ3v) is 3.91. The van der Waals surface area contributed by atoms with Gasteiger partial charge >= 0.3 is 5.69 Å². The van der Waals surface area contributed by atoms with Crippen molar-refractivity contribution >= 4 is 16.9 Å². The average Bonchev–Trinajstić information content (AvgIpc) is 2.56. The molecule has 1 amide bonds. The van der Waals surface area contributed by atoms with Gasteiger partial charge in [0.15, 0.2) is 0 Å². The molecule has 0 aliphatic heterocycles. The minimum atomic E-state index is -0.485. The molecule has 2 aromatic rings. The second kappa shape index (κ2) is 6.33. The van der Waals surface area contributed by atoms with Gasteiger partial charge in [-0.2, -0.15) is 0 Å². The molecule has 1 atom stereocenters. The van der Waals surface area contributed by atoms with E-state index in [1.807, 2.05) is 6.92 Å². The number of carbonyl (C=O) groups is 1. The van der Waals surface area contributed by atoms with E-state index in [2.05, 4.69) is 4.98 Å². The maximum Gasteiger partial charge on any atom is 0.332 e. The average molecular weight is 320 g/mol. The van der Waals surface area contributed by atoms with E-state index in [9.17, 15) is 14.4 Å². The Hall–Kier alpha value is -2.48. The summed E-state index contributed by atoms with van der Waals surface area (Å²) >= 11 is 0. The number of methoxy groups -OCH3 is 1. The molecular weight excluding hydrogens is 300 g/mol. The smallest absolute Gasteiger partial charge is 0.332 e. The van der Waals surface area contributed by atoms with Crippen molar-refractivity contribution < 1.29 is 9.53 Å². The van der Waals surface area contributed by atoms with Gasteiger partial charge in [-0.05, 0) is 19.1 Å². The van der Waals surface area contributed by atoms with Crippen molar-refractivity contribution in [3.63, 3.8) is 0 Å². The summed E-state index contributed by atoms with van der Waals surface area (Å²) in [6, 6.07) is 2.89. The highest BCUT2D eigenvalue weighted by Gasteiger charge is 2.20. The second-order valence-electron chi connectivity index (χ2n) is 5.49. The molecule has 124 valence electrons. The molecule has 0 fully saturated rings. The van der Waals surface area contributed by atoms with Crippen molar-refractivity contribution in [2.45, 2.75) is 13.0 Å². The highest BCUT2D eigenvalue weighted by atomic mass is 16.5. The highest BCUT2D eigenvalue weighted by molar-refractivity contribution is 5.94. The predicted molar refractivity (Wildman–Crippen MR) is 85.7 cm³/mol. The van der Waals surface area contributed by atoms with Crippen LogP contribution in [-0.2, 0) is 18.8 Å². The number of hydrogen-bond acceptors (Lipinski definition) is 5. The van der Waals surface area contributed by atoms with E-state index in [4.69, 9.17) is 4.74 Å². The van der Waals surface area contributed by atoms with Gasteiger partial charge < -0.3 is 9.64 Å². The summed E-state index contributed by atoms with van der Waals surface area (Å²) in [5.41, 5.74) is -0.556. The van der Waals surface area contributed by atoms with Crippen LogP contribution in [0.4, 0.5) is 0 Å². The van der Waals surface area contributed by atoms with E-state index in [-0.39, 0.29) is 23.3 Å². The number of amides is 1. The van der Waals surface area contributed by atoms with E-state index in [0.717, 1.165) is 4.57 Å². The quantitative estimate of drug-likeness (QED) is 0.774. The molecule has 0 unspecified atom stereocenters. The number of fused-ring (bicyclic) bond motifs is 1. The van der Waals surface area contributed by atoms with Crippen LogP contribution in [-0.4, -0.2) is 51.7 Å². The molecule has 0 radical (unpaired) electrons. The van der Waals surface area contributed by atoms with Crippen LogP contribution in [0, 0.1) is 0 Å². The van der Waals surface area contributed by atoms with Crippen LogP contribution < -0.4 is 11.2 Å². The van der Waals surface area contributed by atoms with Gasteiger partial charge in [-0.3, -0.25) is 18.7 Å². The minimum absolute atomic E-state index is 0.127. The van der Waals surface area contributed by atoms with Gasteiger partial charge in [0.1, 0.15) is 11.3 Å². The van der Waals surface area contributed by atoms with Gasteiger partial charge in [-0.1, -0.05) is 0 Å². The molecule has 0 saturated heterocycles. The Morgan fingerprint density at radius 2 is 1.96 bits per heavy atom. The number of likely N-dealkylation sites (N-methyl/N-ethyl adjacent to an activating group) is 1. The zero-order valence-corrected chi connectivity index (χ0v) is 13.9. The molecule has 0 aliphatic rings. The first-order valence-electron chi connectivity index (χ1n) is 7.12. The Kier molecular flexibility index (Phi) is 4.65. The number of aryl methyl sites for hydroxylation is 1. The van der Waals surface area contributed by atoms with Gasteiger partial charge in [-0.15, -0.1) is 0 Å². The molecule has 8 heteroatoms. The summed E-state index contributed by atoms with van der Waals surface area (Å²) in [5, 5.41) is 0.291. The van der Waals surface area contributed by atoms with Crippen molar-refractivity contribution in [1.29, 1.82) is 0 Å². The minimum Gasteiger partial charge on any atom is -0.383 e. The standard InChI is InChI=1S/C15H20N4O4/c1-9(8-23-5)17(2)14(21)11-7-6-10-12(16-11)18(3)15(22)19(4)13(10)20/h6-7,9H,8H2,1-5H3/t9-/m0/s1. The lowest BCUT2D eigenvalue weighted by Gasteiger charge is -2.24. The number of nitrogens with zero attached hydrogens (tertiary/aromatic N) is 4. The molecule has 2 heterocycles. The molecule has 0 saturated carbocycles. The highest BCUT2D eigenvalue weighted by Crippen LogP contribution is 2.09. The number of carbonyl (C=O) groups excluding carboxylic acids is 1. The summed E-state index contributed by atoms with van der Waals surface area (Å²) in [6.07, 6.45) is 0. The number of rotatable bonds is 4. The first kappa shape index (κ1) is 16.9. The van der Waals surface area contributed by atoms with Crippen molar-refractivity contribution in [3.8, 4) is 0 Å². The monoisotopic (exact) mass is 320 g/mol. The largest absolute Gasteiger partial charge is 0.383 e. The predicted octanol–water partition coefficient (Wildman–Crippen LogP) is -0.261. The summed E-state index contributed by atoms with van der Waals surface area (Å²) in [7, 11) is 6.14. The van der Waals surface area contributed by atoms with E-state index in [1.165, 1.54) is 35.7 Å². The fourth-order valence-corrected chi connectivity index (χ4v) is 2.31. The molecule has 0 bridgehead atoms. The van der Waals surface area contributed by atoms with Gasteiger partial charge in [-0.25, -0.2) is 9.78 Å². The Morgan fingerprint density at radius 1 is 1.30 bits per heavy atom. The van der Waals surface area contributed by atoms with E-state index >= 15 is 0 Å². The molecular formula is C15H20N4O4. The van der Waals surface area contributed by atoms with Crippen LogP contribution in [0.2, 0.25) is 0 Å². The summed E-state index contributed by atoms with van der Waals surface area (Å²) in [6.45, 7) is 2.25.